The highest BCUT2D eigenvalue weighted by Crippen LogP contribution is 2.38. The number of aryl methyl sites for hydroxylation is 1. The Morgan fingerprint density at radius 1 is 1.40 bits per heavy atom. The minimum Gasteiger partial charge on any atom is -0.491 e. The molecule has 1 aromatic heterocycles. The lowest BCUT2D eigenvalue weighted by Gasteiger charge is -2.12. The van der Waals surface area contributed by atoms with E-state index < -0.39 is 5.97 Å². The van der Waals surface area contributed by atoms with E-state index >= 15 is 0 Å². The number of carbonyl (C=O) groups is 1. The fourth-order valence-corrected chi connectivity index (χ4v) is 2.92. The van der Waals surface area contributed by atoms with Crippen molar-refractivity contribution in [1.29, 1.82) is 0 Å². The fraction of sp³-hybridized carbons (Fsp3) is 0.312. The quantitative estimate of drug-likeness (QED) is 0.540. The van der Waals surface area contributed by atoms with Gasteiger partial charge in [-0.3, -0.25) is 0 Å². The summed E-state index contributed by atoms with van der Waals surface area (Å²) < 4.78 is 16.0. The summed E-state index contributed by atoms with van der Waals surface area (Å²) in [5.41, 5.74) is 0.550. The molecule has 0 atom stereocenters. The minimum absolute atomic E-state index is 0.00925. The van der Waals surface area contributed by atoms with Crippen LogP contribution in [0.15, 0.2) is 26.7 Å². The molecule has 7 nitrogen and oxygen atoms in total. The van der Waals surface area contributed by atoms with Crippen molar-refractivity contribution in [3.63, 3.8) is 0 Å². The van der Waals surface area contributed by atoms with Crippen LogP contribution in [0.3, 0.4) is 0 Å². The Kier molecular flexibility index (Phi) is 6.72. The number of ether oxygens (including phenoxy) is 2. The summed E-state index contributed by atoms with van der Waals surface area (Å²) in [7, 11) is 1.48. The molecule has 1 aromatic carbocycles. The number of methoxy groups -OCH3 is 1. The number of nitrogens with zero attached hydrogens (tertiary/aromatic N) is 2. The predicted molar refractivity (Wildman–Crippen MR) is 94.3 cm³/mol. The first-order chi connectivity index (χ1) is 12.0. The van der Waals surface area contributed by atoms with Crippen LogP contribution in [0, 0.1) is 0 Å². The molecule has 0 saturated heterocycles. The second-order valence-electron chi connectivity index (χ2n) is 4.70. The van der Waals surface area contributed by atoms with Crippen molar-refractivity contribution in [3.05, 3.63) is 33.5 Å². The van der Waals surface area contributed by atoms with Crippen LogP contribution in [0.2, 0.25) is 5.02 Å². The molecule has 1 heterocycles. The summed E-state index contributed by atoms with van der Waals surface area (Å²) in [5.74, 6) is 0.156. The number of hydrogen-bond donors (Lipinski definition) is 1. The van der Waals surface area contributed by atoms with Gasteiger partial charge < -0.3 is 19.0 Å². The molecule has 0 aliphatic rings. The molecule has 0 aliphatic heterocycles. The van der Waals surface area contributed by atoms with Gasteiger partial charge in [0.25, 0.3) is 5.22 Å². The molecule has 2 aromatic rings. The molecule has 0 radical (unpaired) electrons. The molecule has 0 aliphatic carbocycles. The zero-order valence-electron chi connectivity index (χ0n) is 13.9. The van der Waals surface area contributed by atoms with Gasteiger partial charge in [0.1, 0.15) is 4.91 Å². The average Bonchev–Trinajstić information content (AvgIpc) is 3.02. The topological polar surface area (TPSA) is 94.7 Å². The smallest absolute Gasteiger partial charge is 0.342 e. The van der Waals surface area contributed by atoms with E-state index in [0.717, 1.165) is 11.8 Å². The van der Waals surface area contributed by atoms with Crippen molar-refractivity contribution in [2.24, 2.45) is 0 Å². The Labute approximate surface area is 154 Å². The summed E-state index contributed by atoms with van der Waals surface area (Å²) in [6, 6.07) is 3.25. The lowest BCUT2D eigenvalue weighted by molar-refractivity contribution is -0.131. The number of carboxylic acids is 1. The fourth-order valence-electron chi connectivity index (χ4n) is 1.93. The second kappa shape index (κ2) is 8.77. The van der Waals surface area contributed by atoms with Crippen molar-refractivity contribution in [1.82, 2.24) is 10.2 Å². The molecule has 0 fully saturated rings. The van der Waals surface area contributed by atoms with Gasteiger partial charge in [-0.2, -0.15) is 0 Å². The number of thioether (sulfide) groups is 1. The third-order valence-corrected chi connectivity index (χ3v) is 4.13. The highest BCUT2D eigenvalue weighted by atomic mass is 35.5. The van der Waals surface area contributed by atoms with Gasteiger partial charge in [0.2, 0.25) is 5.89 Å². The Balaban J connectivity index is 2.37. The van der Waals surface area contributed by atoms with Crippen molar-refractivity contribution < 1.29 is 23.8 Å². The maximum atomic E-state index is 11.5. The van der Waals surface area contributed by atoms with Gasteiger partial charge in [0, 0.05) is 6.42 Å². The number of hydrogen-bond acceptors (Lipinski definition) is 7. The van der Waals surface area contributed by atoms with Gasteiger partial charge in [-0.05, 0) is 42.5 Å². The number of benzene rings is 1. The maximum absolute atomic E-state index is 11.5. The minimum atomic E-state index is -1.12. The average molecular weight is 385 g/mol. The van der Waals surface area contributed by atoms with Gasteiger partial charge in [0.05, 0.1) is 18.7 Å². The van der Waals surface area contributed by atoms with Crippen molar-refractivity contribution in [2.45, 2.75) is 25.5 Å². The molecular formula is C16H17ClN2O5S. The highest BCUT2D eigenvalue weighted by molar-refractivity contribution is 8.03. The van der Waals surface area contributed by atoms with E-state index in [9.17, 15) is 9.90 Å². The maximum Gasteiger partial charge on any atom is 0.342 e. The van der Waals surface area contributed by atoms with Gasteiger partial charge in [0.15, 0.2) is 11.5 Å². The molecule has 0 amide bonds. The zero-order valence-corrected chi connectivity index (χ0v) is 15.5. The number of aliphatic carboxylic acids is 1. The van der Waals surface area contributed by atoms with Crippen LogP contribution in [0.5, 0.6) is 11.5 Å². The number of aromatic nitrogens is 2. The van der Waals surface area contributed by atoms with Crippen LogP contribution in [0.1, 0.15) is 25.3 Å². The standard InChI is InChI=1S/C16H17ClN2O5S/c1-4-13-18-19-16(24-13)25-12(15(20)21)8-9-6-10(17)14(22-3)11(7-9)23-5-2/h6-8H,4-5H2,1-3H3,(H,20,21)/b12-8-. The first kappa shape index (κ1) is 19.1. The molecule has 2 rings (SSSR count). The van der Waals surface area contributed by atoms with E-state index in [2.05, 4.69) is 10.2 Å². The van der Waals surface area contributed by atoms with E-state index in [1.165, 1.54) is 13.2 Å². The highest BCUT2D eigenvalue weighted by Gasteiger charge is 2.16. The van der Waals surface area contributed by atoms with Crippen molar-refractivity contribution >= 4 is 35.4 Å². The van der Waals surface area contributed by atoms with Crippen LogP contribution in [-0.2, 0) is 11.2 Å². The first-order valence-corrected chi connectivity index (χ1v) is 8.63. The van der Waals surface area contributed by atoms with E-state index in [1.807, 2.05) is 13.8 Å². The number of halogens is 1. The van der Waals surface area contributed by atoms with Crippen LogP contribution in [-0.4, -0.2) is 35.0 Å². The van der Waals surface area contributed by atoms with Gasteiger partial charge in [-0.25, -0.2) is 4.79 Å². The lowest BCUT2D eigenvalue weighted by Crippen LogP contribution is -1.99. The molecule has 25 heavy (non-hydrogen) atoms. The monoisotopic (exact) mass is 384 g/mol. The van der Waals surface area contributed by atoms with Crippen LogP contribution < -0.4 is 9.47 Å². The molecule has 0 saturated carbocycles. The molecule has 1 N–H and O–H groups in total. The zero-order chi connectivity index (χ0) is 18.4. The molecule has 0 unspecified atom stereocenters. The van der Waals surface area contributed by atoms with E-state index in [-0.39, 0.29) is 10.1 Å². The first-order valence-electron chi connectivity index (χ1n) is 7.44. The second-order valence-corrected chi connectivity index (χ2v) is 6.10. The molecule has 134 valence electrons. The third kappa shape index (κ3) is 4.90. The SMILES string of the molecule is CCOc1cc(/C=C(\Sc2nnc(CC)o2)C(=O)O)cc(Cl)c1OC. The van der Waals surface area contributed by atoms with E-state index in [0.29, 0.717) is 41.0 Å². The summed E-state index contributed by atoms with van der Waals surface area (Å²) in [4.78, 5) is 11.5. The number of carboxylic acid groups (broad SMARTS) is 1. The lowest BCUT2D eigenvalue weighted by atomic mass is 10.2. The third-order valence-electron chi connectivity index (χ3n) is 2.99. The van der Waals surface area contributed by atoms with Crippen LogP contribution >= 0.6 is 23.4 Å². The summed E-state index contributed by atoms with van der Waals surface area (Å²) in [6.07, 6.45) is 2.03. The molecule has 0 spiro atoms. The normalized spacial score (nSPS) is 11.4. The Bertz CT molecular complexity index is 791. The molecule has 0 bridgehead atoms. The predicted octanol–water partition coefficient (Wildman–Crippen LogP) is 3.91. The van der Waals surface area contributed by atoms with Gasteiger partial charge in [-0.15, -0.1) is 10.2 Å². The largest absolute Gasteiger partial charge is 0.491 e. The Morgan fingerprint density at radius 2 is 2.16 bits per heavy atom. The molecular weight excluding hydrogens is 368 g/mol. The Hall–Kier alpha value is -2.19. The van der Waals surface area contributed by atoms with Gasteiger partial charge >= 0.3 is 5.97 Å². The summed E-state index contributed by atoms with van der Waals surface area (Å²) in [5, 5.41) is 17.5. The van der Waals surface area contributed by atoms with Crippen molar-refractivity contribution in [3.8, 4) is 11.5 Å². The van der Waals surface area contributed by atoms with E-state index in [4.69, 9.17) is 25.5 Å². The summed E-state index contributed by atoms with van der Waals surface area (Å²) in [6.45, 7) is 4.11. The number of rotatable bonds is 8. The summed E-state index contributed by atoms with van der Waals surface area (Å²) >= 11 is 7.06. The van der Waals surface area contributed by atoms with E-state index in [1.54, 1.807) is 12.1 Å². The molecule has 9 heteroatoms. The van der Waals surface area contributed by atoms with Crippen LogP contribution in [0.4, 0.5) is 0 Å². The van der Waals surface area contributed by atoms with Gasteiger partial charge in [-0.1, -0.05) is 18.5 Å². The Morgan fingerprint density at radius 3 is 2.72 bits per heavy atom. The van der Waals surface area contributed by atoms with Crippen LogP contribution in [0.25, 0.3) is 6.08 Å². The van der Waals surface area contributed by atoms with Crippen molar-refractivity contribution in [2.75, 3.05) is 13.7 Å².